The molecule has 176 valence electrons. The van der Waals surface area contributed by atoms with E-state index in [-0.39, 0.29) is 22.9 Å². The lowest BCUT2D eigenvalue weighted by Crippen LogP contribution is -2.47. The van der Waals surface area contributed by atoms with Crippen LogP contribution in [-0.2, 0) is 4.79 Å². The number of amides is 2. The van der Waals surface area contributed by atoms with Gasteiger partial charge in [-0.2, -0.15) is 15.2 Å². The van der Waals surface area contributed by atoms with Gasteiger partial charge in [0.05, 0.1) is 28.0 Å². The topological polar surface area (TPSA) is 92.0 Å². The molecule has 1 saturated carbocycles. The third kappa shape index (κ3) is 3.55. The summed E-state index contributed by atoms with van der Waals surface area (Å²) in [5.41, 5.74) is 3.02. The molecule has 34 heavy (non-hydrogen) atoms. The second-order valence-corrected chi connectivity index (χ2v) is 9.47. The summed E-state index contributed by atoms with van der Waals surface area (Å²) in [5.74, 6) is -0.865. The highest BCUT2D eigenvalue weighted by Gasteiger charge is 2.51. The summed E-state index contributed by atoms with van der Waals surface area (Å²) in [6.07, 6.45) is 3.88. The van der Waals surface area contributed by atoms with Crippen LogP contribution in [0.15, 0.2) is 35.6 Å². The predicted molar refractivity (Wildman–Crippen MR) is 127 cm³/mol. The summed E-state index contributed by atoms with van der Waals surface area (Å²) < 4.78 is 15.1. The van der Waals surface area contributed by atoms with Crippen molar-refractivity contribution < 1.29 is 14.0 Å². The molecule has 1 fully saturated rings. The molecule has 5 rings (SSSR count). The van der Waals surface area contributed by atoms with E-state index < -0.39 is 11.2 Å². The van der Waals surface area contributed by atoms with E-state index >= 15 is 0 Å². The molecule has 0 bridgehead atoms. The number of hydrogen-bond acceptors (Lipinski definition) is 5. The van der Waals surface area contributed by atoms with E-state index in [2.05, 4.69) is 20.5 Å². The number of fused-ring (bicyclic) bond motifs is 1. The Bertz CT molecular complexity index is 1360. The van der Waals surface area contributed by atoms with Crippen LogP contribution in [0.4, 0.5) is 10.1 Å². The molecule has 8 nitrogen and oxygen atoms in total. The van der Waals surface area contributed by atoms with Crippen LogP contribution in [0, 0.1) is 25.1 Å². The fourth-order valence-electron chi connectivity index (χ4n) is 4.99. The Morgan fingerprint density at radius 2 is 1.94 bits per heavy atom. The molecule has 1 aliphatic heterocycles. The molecule has 10 heteroatoms. The van der Waals surface area contributed by atoms with Gasteiger partial charge in [0.2, 0.25) is 0 Å². The summed E-state index contributed by atoms with van der Waals surface area (Å²) in [4.78, 5) is 30.9. The lowest BCUT2D eigenvalue weighted by Gasteiger charge is -2.36. The quantitative estimate of drug-likeness (QED) is 0.605. The van der Waals surface area contributed by atoms with Gasteiger partial charge in [0.1, 0.15) is 11.4 Å². The number of benzene rings is 1. The second kappa shape index (κ2) is 8.16. The zero-order chi connectivity index (χ0) is 24.2. The number of anilines is 1. The van der Waals surface area contributed by atoms with Crippen LogP contribution in [0.5, 0.6) is 0 Å². The number of rotatable bonds is 3. The van der Waals surface area contributed by atoms with Crippen molar-refractivity contribution in [3.8, 4) is 0 Å². The Kier molecular flexibility index (Phi) is 5.39. The zero-order valence-electron chi connectivity index (χ0n) is 19.1. The van der Waals surface area contributed by atoms with Crippen LogP contribution in [0.25, 0.3) is 5.65 Å². The second-order valence-electron chi connectivity index (χ2n) is 9.06. The Labute approximate surface area is 200 Å². The van der Waals surface area contributed by atoms with Crippen molar-refractivity contribution in [2.75, 3.05) is 5.01 Å². The van der Waals surface area contributed by atoms with Gasteiger partial charge in [0.15, 0.2) is 5.65 Å². The fraction of sp³-hybridized carbons (Fsp3) is 0.375. The molecule has 2 aliphatic rings. The van der Waals surface area contributed by atoms with Crippen molar-refractivity contribution in [2.24, 2.45) is 10.5 Å². The molecule has 2 amide bonds. The largest absolute Gasteiger partial charge is 0.349 e. The van der Waals surface area contributed by atoms with Crippen molar-refractivity contribution in [3.05, 3.63) is 58.3 Å². The number of halogens is 2. The Morgan fingerprint density at radius 1 is 1.21 bits per heavy atom. The molecule has 3 heterocycles. The van der Waals surface area contributed by atoms with Gasteiger partial charge in [-0.15, -0.1) is 0 Å². The first-order chi connectivity index (χ1) is 16.2. The summed E-state index contributed by atoms with van der Waals surface area (Å²) in [6.45, 7) is 5.64. The van der Waals surface area contributed by atoms with Gasteiger partial charge in [-0.05, 0) is 70.7 Å². The maximum Gasteiger partial charge on any atom is 0.259 e. The maximum atomic E-state index is 13.5. The average molecular weight is 483 g/mol. The molecular formula is C24H24ClFN6O2. The normalized spacial score (nSPS) is 22.5. The predicted octanol–water partition coefficient (Wildman–Crippen LogP) is 4.22. The van der Waals surface area contributed by atoms with E-state index in [1.165, 1.54) is 29.4 Å². The molecule has 1 N–H and O–H groups in total. The van der Waals surface area contributed by atoms with Gasteiger partial charge < -0.3 is 5.32 Å². The molecule has 1 aliphatic carbocycles. The molecule has 3 aromatic rings. The van der Waals surface area contributed by atoms with Crippen molar-refractivity contribution in [3.63, 3.8) is 0 Å². The van der Waals surface area contributed by atoms with Crippen LogP contribution >= 0.6 is 11.6 Å². The van der Waals surface area contributed by atoms with Crippen molar-refractivity contribution >= 4 is 40.5 Å². The highest BCUT2D eigenvalue weighted by Crippen LogP contribution is 2.45. The summed E-state index contributed by atoms with van der Waals surface area (Å²) in [6, 6.07) is 5.72. The van der Waals surface area contributed by atoms with Gasteiger partial charge in [0, 0.05) is 17.4 Å². The van der Waals surface area contributed by atoms with Crippen LogP contribution in [0.3, 0.4) is 0 Å². The number of hydrazone groups is 1. The fourth-order valence-corrected chi connectivity index (χ4v) is 5.24. The lowest BCUT2D eigenvalue weighted by molar-refractivity contribution is -0.125. The highest BCUT2D eigenvalue weighted by atomic mass is 35.5. The minimum atomic E-state index is -0.737. The van der Waals surface area contributed by atoms with Crippen LogP contribution < -0.4 is 10.3 Å². The van der Waals surface area contributed by atoms with Gasteiger partial charge in [0.25, 0.3) is 11.8 Å². The van der Waals surface area contributed by atoms with Gasteiger partial charge in [-0.25, -0.2) is 13.9 Å². The smallest absolute Gasteiger partial charge is 0.259 e. The van der Waals surface area contributed by atoms with E-state index in [0.717, 1.165) is 11.4 Å². The van der Waals surface area contributed by atoms with E-state index in [9.17, 15) is 14.0 Å². The number of hydrogen-bond donors (Lipinski definition) is 1. The highest BCUT2D eigenvalue weighted by molar-refractivity contribution is 6.34. The molecular weight excluding hydrogens is 459 g/mol. The number of aromatic nitrogens is 3. The Balaban J connectivity index is 1.30. The summed E-state index contributed by atoms with van der Waals surface area (Å²) in [7, 11) is 0. The molecule has 0 saturated heterocycles. The number of nitrogens with zero attached hydrogens (tertiary/aromatic N) is 5. The first-order valence-electron chi connectivity index (χ1n) is 11.2. The van der Waals surface area contributed by atoms with E-state index in [1.54, 1.807) is 4.52 Å². The Morgan fingerprint density at radius 3 is 2.65 bits per heavy atom. The first kappa shape index (κ1) is 22.5. The molecule has 0 unspecified atom stereocenters. The number of nitrogens with one attached hydrogen (secondary N) is 1. The minimum absolute atomic E-state index is 0.0805. The minimum Gasteiger partial charge on any atom is -0.349 e. The molecule has 2 aromatic heterocycles. The number of aryl methyl sites for hydroxylation is 2. The monoisotopic (exact) mass is 482 g/mol. The average Bonchev–Trinajstić information content (AvgIpc) is 3.31. The van der Waals surface area contributed by atoms with E-state index in [0.29, 0.717) is 48.3 Å². The lowest BCUT2D eigenvalue weighted by atomic mass is 9.69. The summed E-state index contributed by atoms with van der Waals surface area (Å²) in [5, 5.41) is 13.3. The first-order valence-corrected chi connectivity index (χ1v) is 11.6. The van der Waals surface area contributed by atoms with E-state index in [4.69, 9.17) is 11.6 Å². The maximum absolute atomic E-state index is 13.5. The van der Waals surface area contributed by atoms with Crippen molar-refractivity contribution in [2.45, 2.75) is 52.5 Å². The molecule has 0 radical (unpaired) electrons. The molecule has 0 atom stereocenters. The third-order valence-corrected chi connectivity index (χ3v) is 7.18. The standard InChI is InChI=1S/C24H24ClFN6O2/c1-13-10-14(2)31-21(28-13)18(12-27-31)22(33)29-17-6-8-24(9-7-17)15(3)30-32(23(24)34)20-5-4-16(26)11-19(20)25/h4-5,10-12,17H,6-9H2,1-3H3,(H,29,33). The summed E-state index contributed by atoms with van der Waals surface area (Å²) >= 11 is 6.18. The van der Waals surface area contributed by atoms with Crippen molar-refractivity contribution in [1.82, 2.24) is 19.9 Å². The van der Waals surface area contributed by atoms with Crippen LogP contribution in [0.2, 0.25) is 5.02 Å². The molecule has 1 aromatic carbocycles. The van der Waals surface area contributed by atoms with Gasteiger partial charge >= 0.3 is 0 Å². The van der Waals surface area contributed by atoms with Crippen LogP contribution in [-0.4, -0.2) is 38.2 Å². The Hall–Kier alpha value is -3.33. The van der Waals surface area contributed by atoms with E-state index in [1.807, 2.05) is 26.8 Å². The zero-order valence-corrected chi connectivity index (χ0v) is 19.9. The molecule has 1 spiro atoms. The van der Waals surface area contributed by atoms with Crippen LogP contribution in [0.1, 0.15) is 54.4 Å². The number of carbonyl (C=O) groups excluding carboxylic acids is 2. The van der Waals surface area contributed by atoms with Gasteiger partial charge in [-0.3, -0.25) is 9.59 Å². The third-order valence-electron chi connectivity index (χ3n) is 6.88. The van der Waals surface area contributed by atoms with Gasteiger partial charge in [-0.1, -0.05) is 11.6 Å². The number of carbonyl (C=O) groups is 2. The SMILES string of the molecule is CC1=NN(c2ccc(F)cc2Cl)C(=O)C12CCC(NC(=O)c1cnn3c(C)cc(C)nc13)CC2. The van der Waals surface area contributed by atoms with Crippen molar-refractivity contribution in [1.29, 1.82) is 0 Å².